The minimum atomic E-state index is -0.120. The molecule has 0 aliphatic heterocycles. The van der Waals surface area contributed by atoms with E-state index in [0.29, 0.717) is 17.9 Å². The van der Waals surface area contributed by atoms with Gasteiger partial charge in [0.15, 0.2) is 0 Å². The van der Waals surface area contributed by atoms with Crippen LogP contribution in [0.25, 0.3) is 0 Å². The molecule has 0 aliphatic rings. The molecule has 0 saturated heterocycles. The van der Waals surface area contributed by atoms with Crippen LogP contribution in [0.1, 0.15) is 15.4 Å². The van der Waals surface area contributed by atoms with Crippen molar-refractivity contribution in [3.05, 3.63) is 46.4 Å². The molecular weight excluding hydrogens is 234 g/mol. The summed E-state index contributed by atoms with van der Waals surface area (Å²) in [6.07, 6.45) is 1.54. The fourth-order valence-corrected chi connectivity index (χ4v) is 2.22. The standard InChI is InChI=1S/C12H13N3OS/c1-15(8-10-3-2-6-17-10)12(16)11-7-9(13)4-5-14-11/h2-7H,8H2,1H3,(H2,13,14). The van der Waals surface area contributed by atoms with Crippen LogP contribution in [0.3, 0.4) is 0 Å². The van der Waals surface area contributed by atoms with Gasteiger partial charge in [-0.15, -0.1) is 11.3 Å². The number of thiophene rings is 1. The van der Waals surface area contributed by atoms with Crippen molar-refractivity contribution in [2.75, 3.05) is 12.8 Å². The van der Waals surface area contributed by atoms with Crippen LogP contribution in [0.2, 0.25) is 0 Å². The van der Waals surface area contributed by atoms with Gasteiger partial charge in [-0.05, 0) is 23.6 Å². The molecule has 88 valence electrons. The molecule has 0 fully saturated rings. The molecule has 0 unspecified atom stereocenters. The number of anilines is 1. The van der Waals surface area contributed by atoms with E-state index in [1.165, 1.54) is 0 Å². The number of pyridine rings is 1. The molecule has 2 N–H and O–H groups in total. The molecule has 5 heteroatoms. The second-order valence-electron chi connectivity index (χ2n) is 3.71. The number of amides is 1. The first kappa shape index (κ1) is 11.6. The maximum atomic E-state index is 12.0. The van der Waals surface area contributed by atoms with Crippen molar-refractivity contribution < 1.29 is 4.79 Å². The molecule has 2 rings (SSSR count). The van der Waals surface area contributed by atoms with Crippen LogP contribution in [0, 0.1) is 0 Å². The summed E-state index contributed by atoms with van der Waals surface area (Å²) in [4.78, 5) is 18.8. The molecule has 17 heavy (non-hydrogen) atoms. The molecule has 2 heterocycles. The van der Waals surface area contributed by atoms with Crippen molar-refractivity contribution in [2.24, 2.45) is 0 Å². The lowest BCUT2D eigenvalue weighted by Crippen LogP contribution is -2.26. The average Bonchev–Trinajstić information content (AvgIpc) is 2.80. The average molecular weight is 247 g/mol. The lowest BCUT2D eigenvalue weighted by molar-refractivity contribution is 0.0780. The van der Waals surface area contributed by atoms with Gasteiger partial charge in [-0.1, -0.05) is 6.07 Å². The monoisotopic (exact) mass is 247 g/mol. The van der Waals surface area contributed by atoms with E-state index in [1.807, 2.05) is 17.5 Å². The first-order valence-corrected chi connectivity index (χ1v) is 6.04. The highest BCUT2D eigenvalue weighted by Crippen LogP contribution is 2.13. The zero-order valence-corrected chi connectivity index (χ0v) is 10.3. The molecule has 1 amide bonds. The number of nitrogens with two attached hydrogens (primary N) is 1. The summed E-state index contributed by atoms with van der Waals surface area (Å²) in [6, 6.07) is 7.22. The van der Waals surface area contributed by atoms with Crippen molar-refractivity contribution in [3.63, 3.8) is 0 Å². The third kappa shape index (κ3) is 2.82. The zero-order chi connectivity index (χ0) is 12.3. The minimum absolute atomic E-state index is 0.120. The largest absolute Gasteiger partial charge is 0.399 e. The maximum absolute atomic E-state index is 12.0. The topological polar surface area (TPSA) is 59.2 Å². The predicted octanol–water partition coefficient (Wildman–Crippen LogP) is 2.00. The summed E-state index contributed by atoms with van der Waals surface area (Å²) in [5.74, 6) is -0.120. The fraction of sp³-hybridized carbons (Fsp3) is 0.167. The first-order valence-electron chi connectivity index (χ1n) is 5.16. The smallest absolute Gasteiger partial charge is 0.272 e. The molecule has 2 aromatic rings. The summed E-state index contributed by atoms with van der Waals surface area (Å²) in [5, 5.41) is 1.99. The van der Waals surface area contributed by atoms with E-state index >= 15 is 0 Å². The van der Waals surface area contributed by atoms with Gasteiger partial charge in [-0.3, -0.25) is 9.78 Å². The van der Waals surface area contributed by atoms with Gasteiger partial charge in [-0.25, -0.2) is 0 Å². The number of hydrogen-bond donors (Lipinski definition) is 1. The Morgan fingerprint density at radius 2 is 2.35 bits per heavy atom. The number of carbonyl (C=O) groups excluding carboxylic acids is 1. The third-order valence-electron chi connectivity index (χ3n) is 2.32. The predicted molar refractivity (Wildman–Crippen MR) is 68.8 cm³/mol. The van der Waals surface area contributed by atoms with Gasteiger partial charge in [0.25, 0.3) is 5.91 Å². The van der Waals surface area contributed by atoms with Crippen LogP contribution in [0.4, 0.5) is 5.69 Å². The molecule has 0 bridgehead atoms. The van der Waals surface area contributed by atoms with Crippen molar-refractivity contribution in [2.45, 2.75) is 6.54 Å². The van der Waals surface area contributed by atoms with Gasteiger partial charge in [0.1, 0.15) is 5.69 Å². The molecule has 0 atom stereocenters. The van der Waals surface area contributed by atoms with Crippen LogP contribution in [-0.4, -0.2) is 22.8 Å². The van der Waals surface area contributed by atoms with E-state index in [0.717, 1.165) is 4.88 Å². The summed E-state index contributed by atoms with van der Waals surface area (Å²) in [5.41, 5.74) is 6.55. The van der Waals surface area contributed by atoms with Gasteiger partial charge in [-0.2, -0.15) is 0 Å². The number of carbonyl (C=O) groups is 1. The summed E-state index contributed by atoms with van der Waals surface area (Å²) in [6.45, 7) is 0.590. The summed E-state index contributed by atoms with van der Waals surface area (Å²) >= 11 is 1.63. The zero-order valence-electron chi connectivity index (χ0n) is 9.46. The Morgan fingerprint density at radius 1 is 1.53 bits per heavy atom. The Bertz CT molecular complexity index is 510. The number of nitrogen functional groups attached to an aromatic ring is 1. The van der Waals surface area contributed by atoms with Gasteiger partial charge >= 0.3 is 0 Å². The number of nitrogens with zero attached hydrogens (tertiary/aromatic N) is 2. The third-order valence-corrected chi connectivity index (χ3v) is 3.18. The minimum Gasteiger partial charge on any atom is -0.399 e. The Hall–Kier alpha value is -1.88. The van der Waals surface area contributed by atoms with E-state index in [4.69, 9.17) is 5.73 Å². The number of hydrogen-bond acceptors (Lipinski definition) is 4. The van der Waals surface area contributed by atoms with Crippen LogP contribution in [0.5, 0.6) is 0 Å². The second-order valence-corrected chi connectivity index (χ2v) is 4.75. The normalized spacial score (nSPS) is 10.2. The van der Waals surface area contributed by atoms with Crippen LogP contribution in [0.15, 0.2) is 35.8 Å². The lowest BCUT2D eigenvalue weighted by atomic mass is 10.3. The molecular formula is C12H13N3OS. The quantitative estimate of drug-likeness (QED) is 0.902. The Kier molecular flexibility index (Phi) is 3.39. The van der Waals surface area contributed by atoms with Crippen molar-refractivity contribution in [1.82, 2.24) is 9.88 Å². The highest BCUT2D eigenvalue weighted by molar-refractivity contribution is 7.09. The molecule has 0 aliphatic carbocycles. The van der Waals surface area contributed by atoms with Crippen molar-refractivity contribution in [1.29, 1.82) is 0 Å². The van der Waals surface area contributed by atoms with Gasteiger partial charge in [0.05, 0.1) is 6.54 Å². The van der Waals surface area contributed by atoms with Gasteiger partial charge < -0.3 is 10.6 Å². The SMILES string of the molecule is CN(Cc1cccs1)C(=O)c1cc(N)ccn1. The summed E-state index contributed by atoms with van der Waals surface area (Å²) < 4.78 is 0. The van der Waals surface area contributed by atoms with Crippen LogP contribution < -0.4 is 5.73 Å². The van der Waals surface area contributed by atoms with E-state index in [9.17, 15) is 4.79 Å². The van der Waals surface area contributed by atoms with Crippen molar-refractivity contribution in [3.8, 4) is 0 Å². The van der Waals surface area contributed by atoms with Gasteiger partial charge in [0.2, 0.25) is 0 Å². The highest BCUT2D eigenvalue weighted by atomic mass is 32.1. The highest BCUT2D eigenvalue weighted by Gasteiger charge is 2.13. The number of rotatable bonds is 3. The van der Waals surface area contributed by atoms with Crippen LogP contribution >= 0.6 is 11.3 Å². The maximum Gasteiger partial charge on any atom is 0.272 e. The van der Waals surface area contributed by atoms with Crippen LogP contribution in [-0.2, 0) is 6.54 Å². The van der Waals surface area contributed by atoms with Gasteiger partial charge in [0, 0.05) is 23.8 Å². The first-order chi connectivity index (χ1) is 8.16. The van der Waals surface area contributed by atoms with E-state index < -0.39 is 0 Å². The molecule has 0 spiro atoms. The molecule has 0 radical (unpaired) electrons. The van der Waals surface area contributed by atoms with Crippen molar-refractivity contribution >= 4 is 22.9 Å². The van der Waals surface area contributed by atoms with E-state index in [-0.39, 0.29) is 5.91 Å². The number of aromatic nitrogens is 1. The summed E-state index contributed by atoms with van der Waals surface area (Å²) in [7, 11) is 1.76. The van der Waals surface area contributed by atoms with E-state index in [2.05, 4.69) is 4.98 Å². The molecule has 0 saturated carbocycles. The fourth-order valence-electron chi connectivity index (χ4n) is 1.47. The Labute approximate surface area is 104 Å². The molecule has 4 nitrogen and oxygen atoms in total. The molecule has 0 aromatic carbocycles. The Balaban J connectivity index is 2.09. The van der Waals surface area contributed by atoms with E-state index in [1.54, 1.807) is 41.6 Å². The lowest BCUT2D eigenvalue weighted by Gasteiger charge is -2.15. The molecule has 2 aromatic heterocycles. The second kappa shape index (κ2) is 4.97. The Morgan fingerprint density at radius 3 is 3.00 bits per heavy atom.